The number of nitrogens with one attached hydrogen (secondary N) is 1. The van der Waals surface area contributed by atoms with Crippen LogP contribution in [-0.4, -0.2) is 15.9 Å². The van der Waals surface area contributed by atoms with Crippen LogP contribution in [-0.2, 0) is 0 Å². The molecule has 4 aromatic rings. The molecule has 3 heterocycles. The molecule has 1 N–H and O–H groups in total. The lowest BCUT2D eigenvalue weighted by atomic mass is 10.1. The summed E-state index contributed by atoms with van der Waals surface area (Å²) < 4.78 is 0. The van der Waals surface area contributed by atoms with Crippen molar-refractivity contribution < 1.29 is 4.79 Å². The summed E-state index contributed by atoms with van der Waals surface area (Å²) in [5, 5.41) is 5.81. The molecule has 4 nitrogen and oxygen atoms in total. The van der Waals surface area contributed by atoms with Crippen molar-refractivity contribution in [3.63, 3.8) is 0 Å². The van der Waals surface area contributed by atoms with E-state index in [2.05, 4.69) is 10.3 Å². The predicted molar refractivity (Wildman–Crippen MR) is 102 cm³/mol. The fraction of sp³-hybridized carbons (Fsp3) is 0.0500. The molecule has 0 aliphatic rings. The van der Waals surface area contributed by atoms with Crippen molar-refractivity contribution in [3.05, 3.63) is 77.4 Å². The van der Waals surface area contributed by atoms with E-state index in [0.29, 0.717) is 11.3 Å². The topological polar surface area (TPSA) is 54.9 Å². The highest BCUT2D eigenvalue weighted by atomic mass is 32.1. The molecular weight excluding hydrogens is 330 g/mol. The van der Waals surface area contributed by atoms with Crippen molar-refractivity contribution in [3.8, 4) is 10.6 Å². The molecule has 0 aliphatic carbocycles. The van der Waals surface area contributed by atoms with Crippen LogP contribution in [0.4, 0.5) is 5.69 Å². The molecule has 0 aliphatic heterocycles. The molecule has 0 atom stereocenters. The number of aromatic nitrogens is 2. The average molecular weight is 345 g/mol. The van der Waals surface area contributed by atoms with Crippen LogP contribution in [0.3, 0.4) is 0 Å². The molecule has 0 radical (unpaired) electrons. The number of nitrogens with zero attached hydrogens (tertiary/aromatic N) is 2. The summed E-state index contributed by atoms with van der Waals surface area (Å²) in [6, 6.07) is 15.4. The van der Waals surface area contributed by atoms with E-state index in [1.165, 1.54) is 0 Å². The Bertz CT molecular complexity index is 1060. The van der Waals surface area contributed by atoms with Crippen LogP contribution in [0, 0.1) is 6.92 Å². The second-order valence-corrected chi connectivity index (χ2v) is 6.64. The number of thiophene rings is 1. The quantitative estimate of drug-likeness (QED) is 0.573. The summed E-state index contributed by atoms with van der Waals surface area (Å²) in [5.41, 5.74) is 3.91. The number of pyridine rings is 2. The standard InChI is InChI=1S/C20H15N3OS/c1-13-8-9-21-12-18(13)23-20(24)15-11-17(19-7-4-10-25-19)22-16-6-3-2-5-14(15)16/h2-12H,1H3,(H,23,24). The van der Waals surface area contributed by atoms with Gasteiger partial charge in [0.15, 0.2) is 0 Å². The van der Waals surface area contributed by atoms with Gasteiger partial charge in [-0.3, -0.25) is 9.78 Å². The van der Waals surface area contributed by atoms with Gasteiger partial charge in [-0.15, -0.1) is 11.3 Å². The zero-order chi connectivity index (χ0) is 17.2. The van der Waals surface area contributed by atoms with Crippen molar-refractivity contribution in [2.75, 3.05) is 5.32 Å². The number of amides is 1. The van der Waals surface area contributed by atoms with Gasteiger partial charge in [-0.2, -0.15) is 0 Å². The Kier molecular flexibility index (Phi) is 3.99. The highest BCUT2D eigenvalue weighted by Crippen LogP contribution is 2.28. The van der Waals surface area contributed by atoms with E-state index in [1.807, 2.05) is 60.8 Å². The van der Waals surface area contributed by atoms with Gasteiger partial charge in [-0.25, -0.2) is 4.98 Å². The van der Waals surface area contributed by atoms with Crippen LogP contribution in [0.25, 0.3) is 21.5 Å². The monoisotopic (exact) mass is 345 g/mol. The number of fused-ring (bicyclic) bond motifs is 1. The lowest BCUT2D eigenvalue weighted by Crippen LogP contribution is -2.14. The zero-order valence-electron chi connectivity index (χ0n) is 13.6. The van der Waals surface area contributed by atoms with E-state index in [-0.39, 0.29) is 5.91 Å². The first-order valence-electron chi connectivity index (χ1n) is 7.88. The molecule has 0 spiro atoms. The van der Waals surface area contributed by atoms with E-state index in [9.17, 15) is 4.79 Å². The predicted octanol–water partition coefficient (Wildman–Crippen LogP) is 4.92. The molecule has 122 valence electrons. The third kappa shape index (κ3) is 3.02. The van der Waals surface area contributed by atoms with Crippen LogP contribution in [0.1, 0.15) is 15.9 Å². The maximum atomic E-state index is 12.9. The molecule has 1 aromatic carbocycles. The minimum Gasteiger partial charge on any atom is -0.320 e. The van der Waals surface area contributed by atoms with Gasteiger partial charge >= 0.3 is 0 Å². The SMILES string of the molecule is Cc1ccncc1NC(=O)c1cc(-c2cccs2)nc2ccccc12. The Morgan fingerprint density at radius 2 is 2.00 bits per heavy atom. The Balaban J connectivity index is 1.82. The summed E-state index contributed by atoms with van der Waals surface area (Å²) >= 11 is 1.61. The molecule has 0 saturated carbocycles. The Labute approximate surface area is 149 Å². The Morgan fingerprint density at radius 3 is 2.80 bits per heavy atom. The van der Waals surface area contributed by atoms with Crippen LogP contribution in [0.2, 0.25) is 0 Å². The highest BCUT2D eigenvalue weighted by Gasteiger charge is 2.15. The first-order chi connectivity index (χ1) is 12.2. The number of aryl methyl sites for hydroxylation is 1. The lowest BCUT2D eigenvalue weighted by Gasteiger charge is -2.11. The summed E-state index contributed by atoms with van der Waals surface area (Å²) in [7, 11) is 0. The number of rotatable bonds is 3. The van der Waals surface area contributed by atoms with Crippen molar-refractivity contribution in [1.82, 2.24) is 9.97 Å². The first-order valence-corrected chi connectivity index (χ1v) is 8.76. The molecule has 4 rings (SSSR count). The van der Waals surface area contributed by atoms with Crippen molar-refractivity contribution in [2.24, 2.45) is 0 Å². The molecular formula is C20H15N3OS. The number of carbonyl (C=O) groups is 1. The third-order valence-corrected chi connectivity index (χ3v) is 4.91. The molecule has 0 saturated heterocycles. The summed E-state index contributed by atoms with van der Waals surface area (Å²) in [6.07, 6.45) is 3.37. The fourth-order valence-corrected chi connectivity index (χ4v) is 3.38. The molecule has 5 heteroatoms. The number of anilines is 1. The van der Waals surface area contributed by atoms with Crippen LogP contribution >= 0.6 is 11.3 Å². The van der Waals surface area contributed by atoms with Gasteiger partial charge < -0.3 is 5.32 Å². The van der Waals surface area contributed by atoms with E-state index >= 15 is 0 Å². The van der Waals surface area contributed by atoms with Crippen molar-refractivity contribution in [1.29, 1.82) is 0 Å². The number of hydrogen-bond donors (Lipinski definition) is 1. The number of para-hydroxylation sites is 1. The molecule has 3 aromatic heterocycles. The van der Waals surface area contributed by atoms with E-state index in [0.717, 1.165) is 27.0 Å². The molecule has 0 bridgehead atoms. The van der Waals surface area contributed by atoms with Gasteiger partial charge in [0, 0.05) is 11.6 Å². The van der Waals surface area contributed by atoms with Crippen molar-refractivity contribution >= 4 is 33.8 Å². The maximum absolute atomic E-state index is 12.9. The van der Waals surface area contributed by atoms with Gasteiger partial charge in [-0.05, 0) is 42.1 Å². The molecule has 25 heavy (non-hydrogen) atoms. The minimum absolute atomic E-state index is 0.160. The molecule has 1 amide bonds. The lowest BCUT2D eigenvalue weighted by molar-refractivity contribution is 0.102. The number of hydrogen-bond acceptors (Lipinski definition) is 4. The largest absolute Gasteiger partial charge is 0.320 e. The average Bonchev–Trinajstić information content (AvgIpc) is 3.17. The van der Waals surface area contributed by atoms with Gasteiger partial charge in [0.05, 0.1) is 33.5 Å². The second-order valence-electron chi connectivity index (χ2n) is 5.69. The number of benzene rings is 1. The second kappa shape index (κ2) is 6.45. The molecule has 0 unspecified atom stereocenters. The molecule has 0 fully saturated rings. The number of carbonyl (C=O) groups excluding carboxylic acids is 1. The van der Waals surface area contributed by atoms with Crippen LogP contribution in [0.15, 0.2) is 66.3 Å². The normalized spacial score (nSPS) is 10.8. The first kappa shape index (κ1) is 15.5. The highest BCUT2D eigenvalue weighted by molar-refractivity contribution is 7.13. The van der Waals surface area contributed by atoms with Gasteiger partial charge in [0.1, 0.15) is 0 Å². The third-order valence-electron chi connectivity index (χ3n) is 4.02. The van der Waals surface area contributed by atoms with Gasteiger partial charge in [0.2, 0.25) is 0 Å². The van der Waals surface area contributed by atoms with Crippen molar-refractivity contribution in [2.45, 2.75) is 6.92 Å². The fourth-order valence-electron chi connectivity index (χ4n) is 2.70. The Morgan fingerprint density at radius 1 is 1.12 bits per heavy atom. The maximum Gasteiger partial charge on any atom is 0.256 e. The van der Waals surface area contributed by atoms with Crippen LogP contribution < -0.4 is 5.32 Å². The van der Waals surface area contributed by atoms with Gasteiger partial charge in [-0.1, -0.05) is 24.3 Å². The smallest absolute Gasteiger partial charge is 0.256 e. The minimum atomic E-state index is -0.160. The van der Waals surface area contributed by atoms with E-state index < -0.39 is 0 Å². The zero-order valence-corrected chi connectivity index (χ0v) is 14.4. The summed E-state index contributed by atoms with van der Waals surface area (Å²) in [5.74, 6) is -0.160. The Hall–Kier alpha value is -3.05. The van der Waals surface area contributed by atoms with Gasteiger partial charge in [0.25, 0.3) is 5.91 Å². The van der Waals surface area contributed by atoms with Crippen LogP contribution in [0.5, 0.6) is 0 Å². The summed E-state index contributed by atoms with van der Waals surface area (Å²) in [6.45, 7) is 1.94. The van der Waals surface area contributed by atoms with E-state index in [4.69, 9.17) is 4.98 Å². The summed E-state index contributed by atoms with van der Waals surface area (Å²) in [4.78, 5) is 22.8. The van der Waals surface area contributed by atoms with E-state index in [1.54, 1.807) is 23.7 Å².